The van der Waals surface area contributed by atoms with E-state index in [2.05, 4.69) is 0 Å². The summed E-state index contributed by atoms with van der Waals surface area (Å²) in [6, 6.07) is 7.55. The number of hydrogen-bond donors (Lipinski definition) is 0. The van der Waals surface area contributed by atoms with Crippen molar-refractivity contribution in [2.75, 3.05) is 11.5 Å². The Hall–Kier alpha value is -0.320. The first-order valence-corrected chi connectivity index (χ1v) is 5.62. The van der Waals surface area contributed by atoms with Gasteiger partial charge in [0.15, 0.2) is 0 Å². The molecular weight excluding hydrogens is 282 g/mol. The van der Waals surface area contributed by atoms with Crippen LogP contribution in [0.1, 0.15) is 5.56 Å². The summed E-state index contributed by atoms with van der Waals surface area (Å²) in [6.45, 7) is 0. The van der Waals surface area contributed by atoms with Crippen molar-refractivity contribution in [3.8, 4) is 5.75 Å². The zero-order valence-electron chi connectivity index (χ0n) is 7.47. The highest BCUT2D eigenvalue weighted by Gasteiger charge is 2.08. The monoisotopic (exact) mass is 294 g/mol. The van der Waals surface area contributed by atoms with E-state index in [1.807, 2.05) is 46.9 Å². The van der Waals surface area contributed by atoms with E-state index < -0.39 is 6.17 Å². The Morgan fingerprint density at radius 1 is 1.46 bits per heavy atom. The summed E-state index contributed by atoms with van der Waals surface area (Å²) in [5.41, 5.74) is 0.939. The molecule has 0 radical (unpaired) electrons. The van der Waals surface area contributed by atoms with Crippen molar-refractivity contribution < 1.29 is 9.13 Å². The van der Waals surface area contributed by atoms with Gasteiger partial charge in [-0.2, -0.15) is 0 Å². The van der Waals surface area contributed by atoms with Crippen LogP contribution >= 0.6 is 22.6 Å². The van der Waals surface area contributed by atoms with Gasteiger partial charge in [-0.15, -0.1) is 0 Å². The molecule has 0 saturated heterocycles. The Bertz CT molecular complexity index is 265. The van der Waals surface area contributed by atoms with Crippen molar-refractivity contribution >= 4 is 22.6 Å². The highest BCUT2D eigenvalue weighted by atomic mass is 127. The average molecular weight is 294 g/mol. The third-order valence-corrected chi connectivity index (χ3v) is 2.76. The molecule has 0 bridgehead atoms. The molecule has 3 heteroatoms. The molecule has 0 N–H and O–H groups in total. The SMILES string of the molecule is COc1ccccc1CC(F)CI. The second-order valence-electron chi connectivity index (χ2n) is 2.77. The van der Waals surface area contributed by atoms with Crippen LogP contribution in [0.25, 0.3) is 0 Å². The summed E-state index contributed by atoms with van der Waals surface area (Å²) in [6.07, 6.45) is -0.343. The Morgan fingerprint density at radius 2 is 2.15 bits per heavy atom. The first-order chi connectivity index (χ1) is 6.27. The number of hydrogen-bond acceptors (Lipinski definition) is 1. The molecule has 0 fully saturated rings. The van der Waals surface area contributed by atoms with Crippen LogP contribution in [-0.2, 0) is 6.42 Å². The molecule has 0 aliphatic rings. The van der Waals surface area contributed by atoms with Gasteiger partial charge in [0.05, 0.1) is 7.11 Å². The fourth-order valence-corrected chi connectivity index (χ4v) is 1.48. The van der Waals surface area contributed by atoms with Crippen LogP contribution < -0.4 is 4.74 Å². The Labute approximate surface area is 91.4 Å². The third-order valence-electron chi connectivity index (χ3n) is 1.80. The molecule has 1 aromatic carbocycles. The fourth-order valence-electron chi connectivity index (χ4n) is 1.16. The maximum atomic E-state index is 13.1. The molecular formula is C10H12FIO. The largest absolute Gasteiger partial charge is 0.496 e. The third kappa shape index (κ3) is 3.14. The van der Waals surface area contributed by atoms with Gasteiger partial charge in [0, 0.05) is 10.8 Å². The van der Waals surface area contributed by atoms with E-state index in [1.54, 1.807) is 7.11 Å². The van der Waals surface area contributed by atoms with Gasteiger partial charge in [0.2, 0.25) is 0 Å². The average Bonchev–Trinajstić information content (AvgIpc) is 2.18. The molecule has 0 aliphatic carbocycles. The molecule has 13 heavy (non-hydrogen) atoms. The summed E-state index contributed by atoms with van der Waals surface area (Å²) in [5, 5.41) is 0. The highest BCUT2D eigenvalue weighted by molar-refractivity contribution is 14.1. The molecule has 1 nitrogen and oxygen atoms in total. The van der Waals surface area contributed by atoms with Crippen LogP contribution in [-0.4, -0.2) is 17.7 Å². The minimum Gasteiger partial charge on any atom is -0.496 e. The second kappa shape index (κ2) is 5.42. The topological polar surface area (TPSA) is 9.23 Å². The Morgan fingerprint density at radius 3 is 2.77 bits per heavy atom. The molecule has 1 atom stereocenters. The van der Waals surface area contributed by atoms with E-state index in [9.17, 15) is 4.39 Å². The lowest BCUT2D eigenvalue weighted by Gasteiger charge is -2.09. The van der Waals surface area contributed by atoms with Gasteiger partial charge in [-0.1, -0.05) is 40.8 Å². The number of halogens is 2. The van der Waals surface area contributed by atoms with Gasteiger partial charge in [-0.25, -0.2) is 4.39 Å². The van der Waals surface area contributed by atoms with Crippen LogP contribution in [0.15, 0.2) is 24.3 Å². The summed E-state index contributed by atoms with van der Waals surface area (Å²) in [4.78, 5) is 0. The number of alkyl halides is 2. The van der Waals surface area contributed by atoms with Crippen molar-refractivity contribution in [1.82, 2.24) is 0 Å². The van der Waals surface area contributed by atoms with Gasteiger partial charge in [-0.05, 0) is 11.6 Å². The number of ether oxygens (including phenoxy) is 1. The van der Waals surface area contributed by atoms with Gasteiger partial charge in [0.25, 0.3) is 0 Å². The van der Waals surface area contributed by atoms with E-state index in [1.165, 1.54) is 0 Å². The van der Waals surface area contributed by atoms with Crippen molar-refractivity contribution in [3.05, 3.63) is 29.8 Å². The maximum absolute atomic E-state index is 13.1. The lowest BCUT2D eigenvalue weighted by atomic mass is 10.1. The van der Waals surface area contributed by atoms with Gasteiger partial charge >= 0.3 is 0 Å². The molecule has 72 valence electrons. The molecule has 0 saturated carbocycles. The molecule has 0 spiro atoms. The molecule has 0 aromatic heterocycles. The molecule has 0 aliphatic heterocycles. The van der Waals surface area contributed by atoms with Crippen molar-refractivity contribution in [1.29, 1.82) is 0 Å². The van der Waals surface area contributed by atoms with E-state index in [0.717, 1.165) is 11.3 Å². The van der Waals surface area contributed by atoms with Crippen LogP contribution in [0.4, 0.5) is 4.39 Å². The van der Waals surface area contributed by atoms with E-state index in [-0.39, 0.29) is 0 Å². The molecule has 1 rings (SSSR count). The summed E-state index contributed by atoms with van der Waals surface area (Å²) < 4.78 is 18.7. The normalized spacial score (nSPS) is 12.5. The number of para-hydroxylation sites is 1. The Kier molecular flexibility index (Phi) is 4.48. The lowest BCUT2D eigenvalue weighted by Crippen LogP contribution is -2.06. The predicted octanol–water partition coefficient (Wildman–Crippen LogP) is 3.01. The van der Waals surface area contributed by atoms with Crippen LogP contribution in [0, 0.1) is 0 Å². The van der Waals surface area contributed by atoms with Crippen molar-refractivity contribution in [2.24, 2.45) is 0 Å². The van der Waals surface area contributed by atoms with E-state index >= 15 is 0 Å². The molecule has 1 aromatic rings. The minimum atomic E-state index is -0.781. The van der Waals surface area contributed by atoms with Crippen LogP contribution in [0.5, 0.6) is 5.75 Å². The quantitative estimate of drug-likeness (QED) is 0.613. The smallest absolute Gasteiger partial charge is 0.122 e. The van der Waals surface area contributed by atoms with Gasteiger partial charge < -0.3 is 4.74 Å². The number of methoxy groups -OCH3 is 1. The summed E-state index contributed by atoms with van der Waals surface area (Å²) >= 11 is 2.05. The molecule has 1 unspecified atom stereocenters. The standard InChI is InChI=1S/C10H12FIO/c1-13-10-5-3-2-4-8(10)6-9(11)7-12/h2-5,9H,6-7H2,1H3. The number of rotatable bonds is 4. The fraction of sp³-hybridized carbons (Fsp3) is 0.400. The minimum absolute atomic E-state index is 0.437. The van der Waals surface area contributed by atoms with Crippen LogP contribution in [0.3, 0.4) is 0 Å². The molecule has 0 amide bonds. The first kappa shape index (κ1) is 10.8. The van der Waals surface area contributed by atoms with E-state index in [0.29, 0.717) is 10.8 Å². The van der Waals surface area contributed by atoms with Crippen molar-refractivity contribution in [2.45, 2.75) is 12.6 Å². The second-order valence-corrected chi connectivity index (χ2v) is 3.65. The lowest BCUT2D eigenvalue weighted by molar-refractivity contribution is 0.359. The highest BCUT2D eigenvalue weighted by Crippen LogP contribution is 2.20. The predicted molar refractivity (Wildman–Crippen MR) is 60.5 cm³/mol. The zero-order valence-corrected chi connectivity index (χ0v) is 9.62. The Balaban J connectivity index is 2.74. The first-order valence-electron chi connectivity index (χ1n) is 4.10. The zero-order chi connectivity index (χ0) is 9.68. The maximum Gasteiger partial charge on any atom is 0.122 e. The van der Waals surface area contributed by atoms with Gasteiger partial charge in [-0.3, -0.25) is 0 Å². The van der Waals surface area contributed by atoms with Gasteiger partial charge in [0.1, 0.15) is 11.9 Å². The molecule has 0 heterocycles. The van der Waals surface area contributed by atoms with Crippen molar-refractivity contribution in [3.63, 3.8) is 0 Å². The number of benzene rings is 1. The van der Waals surface area contributed by atoms with Crippen LogP contribution in [0.2, 0.25) is 0 Å². The summed E-state index contributed by atoms with van der Waals surface area (Å²) in [7, 11) is 1.61. The summed E-state index contributed by atoms with van der Waals surface area (Å²) in [5.74, 6) is 0.773. The van der Waals surface area contributed by atoms with E-state index in [4.69, 9.17) is 4.74 Å².